The minimum atomic E-state index is 0.736. The van der Waals surface area contributed by atoms with E-state index in [9.17, 15) is 0 Å². The molecule has 0 aliphatic heterocycles. The van der Waals surface area contributed by atoms with E-state index in [1.807, 2.05) is 23.5 Å². The number of hydrogen-bond donors (Lipinski definition) is 1. The number of aryl methyl sites for hydroxylation is 2. The van der Waals surface area contributed by atoms with Crippen molar-refractivity contribution in [2.75, 3.05) is 5.73 Å². The van der Waals surface area contributed by atoms with Gasteiger partial charge in [-0.15, -0.1) is 11.3 Å². The Bertz CT molecular complexity index is 728. The van der Waals surface area contributed by atoms with Crippen LogP contribution in [0.15, 0.2) is 36.5 Å². The summed E-state index contributed by atoms with van der Waals surface area (Å²) >= 11 is 1.82. The van der Waals surface area contributed by atoms with Crippen LogP contribution in [0.5, 0.6) is 0 Å². The lowest BCUT2D eigenvalue weighted by molar-refractivity contribution is 1.41. The van der Waals surface area contributed by atoms with Crippen LogP contribution >= 0.6 is 11.3 Å². The van der Waals surface area contributed by atoms with Gasteiger partial charge in [0.1, 0.15) is 0 Å². The van der Waals surface area contributed by atoms with E-state index in [0.29, 0.717) is 0 Å². The van der Waals surface area contributed by atoms with Gasteiger partial charge in [0.05, 0.1) is 11.2 Å². The van der Waals surface area contributed by atoms with Crippen LogP contribution in [0.4, 0.5) is 5.69 Å². The molecule has 2 nitrogen and oxygen atoms in total. The Morgan fingerprint density at radius 3 is 2.72 bits per heavy atom. The molecule has 0 saturated carbocycles. The molecule has 3 aromatic rings. The molecule has 0 unspecified atom stereocenters. The summed E-state index contributed by atoms with van der Waals surface area (Å²) < 4.78 is 0. The van der Waals surface area contributed by atoms with Crippen LogP contribution in [-0.2, 0) is 0 Å². The van der Waals surface area contributed by atoms with E-state index in [4.69, 9.17) is 5.73 Å². The van der Waals surface area contributed by atoms with Crippen LogP contribution in [0.3, 0.4) is 0 Å². The van der Waals surface area contributed by atoms with Crippen molar-refractivity contribution in [3.8, 4) is 10.4 Å². The summed E-state index contributed by atoms with van der Waals surface area (Å²) in [6.07, 6.45) is 1.79. The van der Waals surface area contributed by atoms with Crippen LogP contribution in [0.25, 0.3) is 21.3 Å². The van der Waals surface area contributed by atoms with Gasteiger partial charge in [-0.05, 0) is 37.6 Å². The molecule has 0 saturated heterocycles. The first-order chi connectivity index (χ1) is 8.66. The molecule has 0 spiro atoms. The Hall–Kier alpha value is -1.87. The topological polar surface area (TPSA) is 38.9 Å². The van der Waals surface area contributed by atoms with Gasteiger partial charge in [0.2, 0.25) is 0 Å². The van der Waals surface area contributed by atoms with E-state index in [-0.39, 0.29) is 0 Å². The SMILES string of the molecule is Cc1cc(C)c(-c2ccc(N)c3ncccc23)s1. The van der Waals surface area contributed by atoms with E-state index in [1.54, 1.807) is 6.20 Å². The van der Waals surface area contributed by atoms with Gasteiger partial charge in [0, 0.05) is 26.9 Å². The van der Waals surface area contributed by atoms with Crippen LogP contribution in [0.2, 0.25) is 0 Å². The molecule has 3 rings (SSSR count). The number of aromatic nitrogens is 1. The number of nitrogens with zero attached hydrogens (tertiary/aromatic N) is 1. The molecule has 0 aliphatic rings. The fourth-order valence-electron chi connectivity index (χ4n) is 2.30. The van der Waals surface area contributed by atoms with Crippen molar-refractivity contribution in [2.45, 2.75) is 13.8 Å². The van der Waals surface area contributed by atoms with Crippen molar-refractivity contribution < 1.29 is 0 Å². The van der Waals surface area contributed by atoms with Gasteiger partial charge in [0.15, 0.2) is 0 Å². The molecule has 1 aromatic carbocycles. The summed E-state index contributed by atoms with van der Waals surface area (Å²) in [5, 5.41) is 1.13. The van der Waals surface area contributed by atoms with Crippen molar-refractivity contribution in [3.63, 3.8) is 0 Å². The zero-order valence-corrected chi connectivity index (χ0v) is 11.2. The summed E-state index contributed by atoms with van der Waals surface area (Å²) in [6, 6.07) is 10.3. The highest BCUT2D eigenvalue weighted by molar-refractivity contribution is 7.15. The molecular formula is C15H14N2S. The Morgan fingerprint density at radius 2 is 2.00 bits per heavy atom. The van der Waals surface area contributed by atoms with Crippen molar-refractivity contribution in [1.82, 2.24) is 4.98 Å². The maximum atomic E-state index is 5.99. The van der Waals surface area contributed by atoms with Crippen LogP contribution in [0, 0.1) is 13.8 Å². The lowest BCUT2D eigenvalue weighted by Gasteiger charge is -2.07. The van der Waals surface area contributed by atoms with Gasteiger partial charge in [-0.25, -0.2) is 0 Å². The van der Waals surface area contributed by atoms with Crippen molar-refractivity contribution >= 4 is 27.9 Å². The highest BCUT2D eigenvalue weighted by Gasteiger charge is 2.11. The fraction of sp³-hybridized carbons (Fsp3) is 0.133. The molecule has 0 aliphatic carbocycles. The zero-order chi connectivity index (χ0) is 12.7. The van der Waals surface area contributed by atoms with Crippen molar-refractivity contribution in [2.24, 2.45) is 0 Å². The summed E-state index contributed by atoms with van der Waals surface area (Å²) in [5.41, 5.74) is 10.2. The second kappa shape index (κ2) is 4.10. The van der Waals surface area contributed by atoms with E-state index < -0.39 is 0 Å². The molecule has 2 aromatic heterocycles. The zero-order valence-electron chi connectivity index (χ0n) is 10.4. The normalized spacial score (nSPS) is 11.0. The molecule has 18 heavy (non-hydrogen) atoms. The van der Waals surface area contributed by atoms with Gasteiger partial charge < -0.3 is 5.73 Å². The molecule has 90 valence electrons. The number of rotatable bonds is 1. The Morgan fingerprint density at radius 1 is 1.17 bits per heavy atom. The second-order valence-electron chi connectivity index (χ2n) is 4.47. The third kappa shape index (κ3) is 1.68. The van der Waals surface area contributed by atoms with E-state index in [0.717, 1.165) is 16.6 Å². The molecule has 0 amide bonds. The first-order valence-corrected chi connectivity index (χ1v) is 6.69. The average molecular weight is 254 g/mol. The number of thiophene rings is 1. The van der Waals surface area contributed by atoms with E-state index in [1.165, 1.54) is 20.9 Å². The molecule has 0 bridgehead atoms. The number of hydrogen-bond acceptors (Lipinski definition) is 3. The molecule has 0 atom stereocenters. The van der Waals surface area contributed by atoms with Gasteiger partial charge in [-0.1, -0.05) is 12.1 Å². The first kappa shape index (κ1) is 11.2. The predicted octanol–water partition coefficient (Wildman–Crippen LogP) is 4.16. The van der Waals surface area contributed by atoms with Crippen molar-refractivity contribution in [3.05, 3.63) is 47.0 Å². The monoisotopic (exact) mass is 254 g/mol. The molecular weight excluding hydrogens is 240 g/mol. The lowest BCUT2D eigenvalue weighted by atomic mass is 10.0. The highest BCUT2D eigenvalue weighted by atomic mass is 32.1. The van der Waals surface area contributed by atoms with Gasteiger partial charge in [-0.3, -0.25) is 4.98 Å². The third-order valence-corrected chi connectivity index (χ3v) is 4.27. The molecule has 2 heterocycles. The maximum absolute atomic E-state index is 5.99. The lowest BCUT2D eigenvalue weighted by Crippen LogP contribution is -1.91. The highest BCUT2D eigenvalue weighted by Crippen LogP contribution is 2.37. The molecule has 3 heteroatoms. The van der Waals surface area contributed by atoms with Crippen LogP contribution in [-0.4, -0.2) is 4.98 Å². The number of anilines is 1. The minimum Gasteiger partial charge on any atom is -0.397 e. The van der Waals surface area contributed by atoms with Gasteiger partial charge >= 0.3 is 0 Å². The number of nitrogen functional groups attached to an aromatic ring is 1. The number of nitrogens with two attached hydrogens (primary N) is 1. The van der Waals surface area contributed by atoms with Crippen LogP contribution < -0.4 is 5.73 Å². The predicted molar refractivity (Wildman–Crippen MR) is 78.9 cm³/mol. The second-order valence-corrected chi connectivity index (χ2v) is 5.73. The molecule has 0 fully saturated rings. The van der Waals surface area contributed by atoms with Gasteiger partial charge in [-0.2, -0.15) is 0 Å². The maximum Gasteiger partial charge on any atom is 0.0937 e. The number of benzene rings is 1. The van der Waals surface area contributed by atoms with Gasteiger partial charge in [0.25, 0.3) is 0 Å². The molecule has 0 radical (unpaired) electrons. The number of pyridine rings is 1. The molecule has 2 N–H and O–H groups in total. The summed E-state index contributed by atoms with van der Waals surface area (Å²) in [5.74, 6) is 0. The smallest absolute Gasteiger partial charge is 0.0937 e. The Labute approximate surface area is 110 Å². The average Bonchev–Trinajstić information content (AvgIpc) is 2.69. The number of fused-ring (bicyclic) bond motifs is 1. The van der Waals surface area contributed by atoms with Crippen LogP contribution in [0.1, 0.15) is 10.4 Å². The minimum absolute atomic E-state index is 0.736. The summed E-state index contributed by atoms with van der Waals surface area (Å²) in [6.45, 7) is 4.29. The van der Waals surface area contributed by atoms with E-state index in [2.05, 4.69) is 37.0 Å². The largest absolute Gasteiger partial charge is 0.397 e. The fourth-order valence-corrected chi connectivity index (χ4v) is 3.37. The van der Waals surface area contributed by atoms with Crippen molar-refractivity contribution in [1.29, 1.82) is 0 Å². The third-order valence-electron chi connectivity index (χ3n) is 3.09. The summed E-state index contributed by atoms with van der Waals surface area (Å²) in [7, 11) is 0. The Balaban J connectivity index is 2.37. The quantitative estimate of drug-likeness (QED) is 0.662. The standard InChI is InChI=1S/C15H14N2S/c1-9-8-10(2)18-15(9)12-5-6-13(16)14-11(12)4-3-7-17-14/h3-8H,16H2,1-2H3. The summed E-state index contributed by atoms with van der Waals surface area (Å²) in [4.78, 5) is 7.02. The first-order valence-electron chi connectivity index (χ1n) is 5.87. The van der Waals surface area contributed by atoms with E-state index >= 15 is 0 Å². The Kier molecular flexibility index (Phi) is 2.56.